The molecule has 2 aromatic carbocycles. The van der Waals surface area contributed by atoms with E-state index >= 15 is 0 Å². The molecule has 0 saturated heterocycles. The Kier molecular flexibility index (Phi) is 9.28. The number of hydrogen-bond acceptors (Lipinski definition) is 4. The molecule has 5 nitrogen and oxygen atoms in total. The first kappa shape index (κ1) is 25.5. The van der Waals surface area contributed by atoms with Crippen molar-refractivity contribution in [2.24, 2.45) is 0 Å². The molecule has 1 unspecified atom stereocenters. The van der Waals surface area contributed by atoms with E-state index in [1.807, 2.05) is 31.2 Å². The molecule has 0 bridgehead atoms. The number of hydrogen-bond donors (Lipinski definition) is 0. The SMILES string of the molecule is CCOC(=O)C(Cc1ccc(OCCn2c(-c3ccc(F)cc3)ccc2C(C)C)cc1)OCC. The van der Waals surface area contributed by atoms with Crippen molar-refractivity contribution in [2.45, 2.75) is 52.7 Å². The van der Waals surface area contributed by atoms with Crippen LogP contribution in [0.2, 0.25) is 0 Å². The Morgan fingerprint density at radius 3 is 2.26 bits per heavy atom. The lowest BCUT2D eigenvalue weighted by Crippen LogP contribution is -2.28. The van der Waals surface area contributed by atoms with E-state index in [-0.39, 0.29) is 11.8 Å². The van der Waals surface area contributed by atoms with Gasteiger partial charge in [0.05, 0.1) is 13.2 Å². The summed E-state index contributed by atoms with van der Waals surface area (Å²) in [5.74, 6) is 0.530. The Bertz CT molecular complexity index is 1040. The minimum Gasteiger partial charge on any atom is -0.492 e. The predicted octanol–water partition coefficient (Wildman–Crippen LogP) is 6.01. The third-order valence-corrected chi connectivity index (χ3v) is 5.59. The number of nitrogens with zero attached hydrogens (tertiary/aromatic N) is 1. The number of rotatable bonds is 12. The van der Waals surface area contributed by atoms with Crippen molar-refractivity contribution in [3.63, 3.8) is 0 Å². The van der Waals surface area contributed by atoms with E-state index in [2.05, 4.69) is 30.5 Å². The third kappa shape index (κ3) is 6.70. The minimum absolute atomic E-state index is 0.243. The second-order valence-corrected chi connectivity index (χ2v) is 8.35. The Labute approximate surface area is 201 Å². The molecule has 0 aliphatic rings. The molecule has 0 aliphatic heterocycles. The van der Waals surface area contributed by atoms with Gasteiger partial charge in [0.25, 0.3) is 0 Å². The van der Waals surface area contributed by atoms with Gasteiger partial charge in [-0.3, -0.25) is 0 Å². The van der Waals surface area contributed by atoms with Crippen molar-refractivity contribution in [1.82, 2.24) is 4.57 Å². The van der Waals surface area contributed by atoms with E-state index in [1.165, 1.54) is 17.8 Å². The number of ether oxygens (including phenoxy) is 3. The fraction of sp³-hybridized carbons (Fsp3) is 0.393. The molecule has 1 heterocycles. The fourth-order valence-corrected chi connectivity index (χ4v) is 3.95. The second kappa shape index (κ2) is 12.4. The van der Waals surface area contributed by atoms with Gasteiger partial charge in [-0.2, -0.15) is 0 Å². The largest absolute Gasteiger partial charge is 0.492 e. The molecular weight excluding hydrogens is 433 g/mol. The molecule has 0 fully saturated rings. The molecule has 6 heteroatoms. The number of halogens is 1. The second-order valence-electron chi connectivity index (χ2n) is 8.35. The zero-order chi connectivity index (χ0) is 24.5. The van der Waals surface area contributed by atoms with Gasteiger partial charge in [-0.1, -0.05) is 26.0 Å². The molecule has 1 atom stereocenters. The normalized spacial score (nSPS) is 12.1. The van der Waals surface area contributed by atoms with Gasteiger partial charge in [0.1, 0.15) is 18.2 Å². The van der Waals surface area contributed by atoms with Gasteiger partial charge in [-0.05, 0) is 79.4 Å². The van der Waals surface area contributed by atoms with Crippen molar-refractivity contribution in [3.8, 4) is 17.0 Å². The van der Waals surface area contributed by atoms with Gasteiger partial charge in [-0.15, -0.1) is 0 Å². The van der Waals surface area contributed by atoms with Crippen LogP contribution in [-0.4, -0.2) is 36.5 Å². The van der Waals surface area contributed by atoms with Crippen molar-refractivity contribution in [2.75, 3.05) is 19.8 Å². The molecule has 0 spiro atoms. The Balaban J connectivity index is 1.64. The van der Waals surface area contributed by atoms with Crippen LogP contribution in [0, 0.1) is 5.82 Å². The van der Waals surface area contributed by atoms with Crippen molar-refractivity contribution < 1.29 is 23.4 Å². The lowest BCUT2D eigenvalue weighted by Gasteiger charge is -2.17. The highest BCUT2D eigenvalue weighted by Gasteiger charge is 2.20. The zero-order valence-corrected chi connectivity index (χ0v) is 20.4. The van der Waals surface area contributed by atoms with Gasteiger partial charge < -0.3 is 18.8 Å². The monoisotopic (exact) mass is 467 g/mol. The number of aromatic nitrogens is 1. The predicted molar refractivity (Wildman–Crippen MR) is 132 cm³/mol. The molecular formula is C28H34FNO4. The summed E-state index contributed by atoms with van der Waals surface area (Å²) >= 11 is 0. The summed E-state index contributed by atoms with van der Waals surface area (Å²) in [6.07, 6.45) is -0.153. The summed E-state index contributed by atoms with van der Waals surface area (Å²) in [5, 5.41) is 0. The van der Waals surface area contributed by atoms with Crippen molar-refractivity contribution in [1.29, 1.82) is 0 Å². The smallest absolute Gasteiger partial charge is 0.335 e. The average molecular weight is 468 g/mol. The zero-order valence-electron chi connectivity index (χ0n) is 20.4. The van der Waals surface area contributed by atoms with E-state index < -0.39 is 6.10 Å². The molecule has 3 aromatic rings. The van der Waals surface area contributed by atoms with Crippen LogP contribution in [0.1, 0.15) is 44.9 Å². The summed E-state index contributed by atoms with van der Waals surface area (Å²) in [5.41, 5.74) is 4.20. The Morgan fingerprint density at radius 1 is 0.941 bits per heavy atom. The van der Waals surface area contributed by atoms with E-state index in [1.54, 1.807) is 19.1 Å². The van der Waals surface area contributed by atoms with Gasteiger partial charge in [-0.25, -0.2) is 9.18 Å². The van der Waals surface area contributed by atoms with Crippen LogP contribution in [0.15, 0.2) is 60.7 Å². The highest BCUT2D eigenvalue weighted by Crippen LogP contribution is 2.27. The number of esters is 1. The molecule has 0 radical (unpaired) electrons. The van der Waals surface area contributed by atoms with E-state index in [9.17, 15) is 9.18 Å². The van der Waals surface area contributed by atoms with Crippen LogP contribution in [-0.2, 0) is 27.2 Å². The Morgan fingerprint density at radius 2 is 1.65 bits per heavy atom. The maximum Gasteiger partial charge on any atom is 0.335 e. The number of carbonyl (C=O) groups is 1. The minimum atomic E-state index is -0.607. The van der Waals surface area contributed by atoms with Crippen LogP contribution >= 0.6 is 0 Å². The van der Waals surface area contributed by atoms with Gasteiger partial charge >= 0.3 is 5.97 Å². The van der Waals surface area contributed by atoms with Crippen LogP contribution in [0.5, 0.6) is 5.75 Å². The fourth-order valence-electron chi connectivity index (χ4n) is 3.95. The molecule has 0 aliphatic carbocycles. The highest BCUT2D eigenvalue weighted by atomic mass is 19.1. The summed E-state index contributed by atoms with van der Waals surface area (Å²) in [4.78, 5) is 12.1. The van der Waals surface area contributed by atoms with E-state index in [0.29, 0.717) is 38.7 Å². The average Bonchev–Trinajstić information content (AvgIpc) is 3.25. The molecule has 3 rings (SSSR count). The van der Waals surface area contributed by atoms with Crippen LogP contribution in [0.4, 0.5) is 4.39 Å². The molecule has 34 heavy (non-hydrogen) atoms. The molecule has 182 valence electrons. The van der Waals surface area contributed by atoms with Gasteiger partial charge in [0, 0.05) is 24.4 Å². The quantitative estimate of drug-likeness (QED) is 0.306. The lowest BCUT2D eigenvalue weighted by molar-refractivity contribution is -0.156. The van der Waals surface area contributed by atoms with Crippen LogP contribution in [0.3, 0.4) is 0 Å². The van der Waals surface area contributed by atoms with Crippen molar-refractivity contribution >= 4 is 5.97 Å². The first-order chi connectivity index (χ1) is 16.4. The van der Waals surface area contributed by atoms with Gasteiger partial charge in [0.15, 0.2) is 6.10 Å². The maximum absolute atomic E-state index is 13.4. The lowest BCUT2D eigenvalue weighted by atomic mass is 10.1. The first-order valence-corrected chi connectivity index (χ1v) is 11.9. The maximum atomic E-state index is 13.4. The molecule has 0 N–H and O–H groups in total. The number of carbonyl (C=O) groups excluding carboxylic acids is 1. The molecule has 1 aromatic heterocycles. The standard InChI is InChI=1S/C28H34FNO4/c1-5-32-27(28(31)33-6-2)19-21-7-13-24(14-8-21)34-18-17-30-25(20(3)4)15-16-26(30)22-9-11-23(29)12-10-22/h7-16,20,27H,5-6,17-19H2,1-4H3. The summed E-state index contributed by atoms with van der Waals surface area (Å²) in [6.45, 7) is 9.90. The molecule has 0 saturated carbocycles. The number of benzene rings is 2. The van der Waals surface area contributed by atoms with E-state index in [4.69, 9.17) is 14.2 Å². The third-order valence-electron chi connectivity index (χ3n) is 5.59. The topological polar surface area (TPSA) is 49.7 Å². The Hall–Kier alpha value is -3.12. The van der Waals surface area contributed by atoms with Crippen molar-refractivity contribution in [3.05, 3.63) is 77.7 Å². The first-order valence-electron chi connectivity index (χ1n) is 11.9. The van der Waals surface area contributed by atoms with Crippen LogP contribution < -0.4 is 4.74 Å². The molecule has 0 amide bonds. The summed E-state index contributed by atoms with van der Waals surface area (Å²) < 4.78 is 32.3. The summed E-state index contributed by atoms with van der Waals surface area (Å²) in [7, 11) is 0. The highest BCUT2D eigenvalue weighted by molar-refractivity contribution is 5.75. The van der Waals surface area contributed by atoms with E-state index in [0.717, 1.165) is 22.6 Å². The van der Waals surface area contributed by atoms with Crippen LogP contribution in [0.25, 0.3) is 11.3 Å². The van der Waals surface area contributed by atoms with Gasteiger partial charge in [0.2, 0.25) is 0 Å². The summed E-state index contributed by atoms with van der Waals surface area (Å²) in [6, 6.07) is 18.5.